The number of hydrogen-bond acceptors (Lipinski definition) is 2. The molecule has 0 atom stereocenters. The summed E-state index contributed by atoms with van der Waals surface area (Å²) >= 11 is 0.153. The van der Waals surface area contributed by atoms with Crippen molar-refractivity contribution in [2.24, 2.45) is 0 Å². The molecule has 2 nitrogen and oxygen atoms in total. The van der Waals surface area contributed by atoms with Crippen LogP contribution in [0, 0.1) is 6.20 Å². The fourth-order valence-electron chi connectivity index (χ4n) is 0.118. The van der Waals surface area contributed by atoms with Gasteiger partial charge in [-0.25, -0.2) is 0 Å². The van der Waals surface area contributed by atoms with E-state index in [0.29, 0.717) is 0 Å². The van der Waals surface area contributed by atoms with Crippen molar-refractivity contribution in [1.29, 1.82) is 0 Å². The van der Waals surface area contributed by atoms with E-state index in [9.17, 15) is 0 Å². The Balaban J connectivity index is 3.13. The van der Waals surface area contributed by atoms with Crippen LogP contribution in [0.5, 0.6) is 0 Å². The van der Waals surface area contributed by atoms with Crippen molar-refractivity contribution < 1.29 is 0 Å². The third kappa shape index (κ3) is 0.565. The minimum atomic E-state index is 0.153. The maximum atomic E-state index is 3.74. The SMILES string of the molecule is [c]1cn[se]n1. The van der Waals surface area contributed by atoms with Crippen molar-refractivity contribution in [3.63, 3.8) is 0 Å². The van der Waals surface area contributed by atoms with Crippen LogP contribution in [0.25, 0.3) is 0 Å². The molecular weight excluding hydrogens is 131 g/mol. The number of rotatable bonds is 0. The van der Waals surface area contributed by atoms with E-state index >= 15 is 0 Å². The maximum absolute atomic E-state index is 3.74. The van der Waals surface area contributed by atoms with Crippen LogP contribution >= 0.6 is 0 Å². The zero-order chi connectivity index (χ0) is 3.54. The predicted octanol–water partition coefficient (Wildman–Crippen LogP) is -0.666. The van der Waals surface area contributed by atoms with Crippen molar-refractivity contribution in [3.05, 3.63) is 12.4 Å². The fourth-order valence-corrected chi connectivity index (χ4v) is 0.612. The monoisotopic (exact) mass is 133 g/mol. The van der Waals surface area contributed by atoms with Gasteiger partial charge in [0.2, 0.25) is 0 Å². The van der Waals surface area contributed by atoms with E-state index in [2.05, 4.69) is 14.2 Å². The van der Waals surface area contributed by atoms with Crippen LogP contribution in [0.1, 0.15) is 0 Å². The molecule has 0 saturated heterocycles. The quantitative estimate of drug-likeness (QED) is 0.437. The Bertz CT molecular complexity index is 64.1. The third-order valence-electron chi connectivity index (χ3n) is 0.251. The molecule has 0 unspecified atom stereocenters. The summed E-state index contributed by atoms with van der Waals surface area (Å²) in [5, 5.41) is 0. The number of aromatic nitrogens is 2. The first-order valence-corrected chi connectivity index (χ1v) is 2.67. The molecule has 1 aromatic heterocycles. The van der Waals surface area contributed by atoms with Crippen LogP contribution < -0.4 is 0 Å². The normalized spacial score (nSPS) is 8.00. The van der Waals surface area contributed by atoms with E-state index in [4.69, 9.17) is 0 Å². The van der Waals surface area contributed by atoms with Gasteiger partial charge in [-0.05, 0) is 0 Å². The van der Waals surface area contributed by atoms with Gasteiger partial charge in [-0.3, -0.25) is 0 Å². The molecule has 0 aromatic carbocycles. The van der Waals surface area contributed by atoms with E-state index in [1.807, 2.05) is 0 Å². The average Bonchev–Trinajstić information content (AvgIpc) is 1.76. The molecule has 0 amide bonds. The van der Waals surface area contributed by atoms with Crippen LogP contribution in [-0.2, 0) is 0 Å². The van der Waals surface area contributed by atoms with Gasteiger partial charge in [0.15, 0.2) is 0 Å². The van der Waals surface area contributed by atoms with Crippen LogP contribution in [0.2, 0.25) is 0 Å². The van der Waals surface area contributed by atoms with Gasteiger partial charge in [0, 0.05) is 0 Å². The summed E-state index contributed by atoms with van der Waals surface area (Å²) in [5.74, 6) is 0. The van der Waals surface area contributed by atoms with Gasteiger partial charge in [0.25, 0.3) is 0 Å². The molecule has 1 heterocycles. The second-order valence-electron chi connectivity index (χ2n) is 0.537. The summed E-state index contributed by atoms with van der Waals surface area (Å²) in [6, 6.07) is 0. The third-order valence-corrected chi connectivity index (χ3v) is 1.06. The molecule has 0 spiro atoms. The predicted molar refractivity (Wildman–Crippen MR) is 17.8 cm³/mol. The molecule has 1 radical (unpaired) electrons. The average molecular weight is 132 g/mol. The molecule has 0 aliphatic heterocycles. The van der Waals surface area contributed by atoms with Gasteiger partial charge >= 0.3 is 35.3 Å². The first-order valence-electron chi connectivity index (χ1n) is 1.14. The second kappa shape index (κ2) is 1.34. The standard InChI is InChI=1S/C2HN2Se/c1-2-4-5-3-1/h1H. The second-order valence-corrected chi connectivity index (χ2v) is 1.70. The van der Waals surface area contributed by atoms with Crippen molar-refractivity contribution >= 4 is 15.0 Å². The Morgan fingerprint density at radius 3 is 3.00 bits per heavy atom. The van der Waals surface area contributed by atoms with Crippen molar-refractivity contribution in [2.45, 2.75) is 0 Å². The summed E-state index contributed by atoms with van der Waals surface area (Å²) in [4.78, 5) is 0. The molecule has 0 fully saturated rings. The van der Waals surface area contributed by atoms with E-state index in [1.165, 1.54) is 0 Å². The Morgan fingerprint density at radius 2 is 2.80 bits per heavy atom. The Hall–Kier alpha value is -0.141. The topological polar surface area (TPSA) is 25.8 Å². The molecule has 1 aromatic rings. The first-order chi connectivity index (χ1) is 2.50. The number of nitrogens with zero attached hydrogens (tertiary/aromatic N) is 2. The summed E-state index contributed by atoms with van der Waals surface area (Å²) in [6.07, 6.45) is 4.18. The molecule has 0 saturated carbocycles. The van der Waals surface area contributed by atoms with E-state index < -0.39 is 0 Å². The summed E-state index contributed by atoms with van der Waals surface area (Å²) in [6.45, 7) is 0. The van der Waals surface area contributed by atoms with Gasteiger partial charge < -0.3 is 0 Å². The van der Waals surface area contributed by atoms with Crippen LogP contribution in [0.4, 0.5) is 0 Å². The van der Waals surface area contributed by atoms with Crippen molar-refractivity contribution in [1.82, 2.24) is 7.96 Å². The van der Waals surface area contributed by atoms with Crippen LogP contribution in [0.15, 0.2) is 6.20 Å². The summed E-state index contributed by atoms with van der Waals surface area (Å²) in [7, 11) is 0. The van der Waals surface area contributed by atoms with E-state index in [0.717, 1.165) is 0 Å². The molecule has 0 aliphatic carbocycles. The van der Waals surface area contributed by atoms with Gasteiger partial charge in [-0.15, -0.1) is 0 Å². The van der Waals surface area contributed by atoms with Gasteiger partial charge in [0.1, 0.15) is 0 Å². The summed E-state index contributed by atoms with van der Waals surface area (Å²) in [5.41, 5.74) is 0. The number of hydrogen-bond donors (Lipinski definition) is 0. The van der Waals surface area contributed by atoms with Crippen molar-refractivity contribution in [3.8, 4) is 0 Å². The molecule has 25 valence electrons. The Labute approximate surface area is 36.1 Å². The molecule has 0 bridgehead atoms. The minimum absolute atomic E-state index is 0.153. The molecule has 3 heteroatoms. The van der Waals surface area contributed by atoms with E-state index in [-0.39, 0.29) is 15.0 Å². The fraction of sp³-hybridized carbons (Fsp3) is 0. The van der Waals surface area contributed by atoms with Gasteiger partial charge in [-0.1, -0.05) is 0 Å². The zero-order valence-electron chi connectivity index (χ0n) is 2.38. The first kappa shape index (κ1) is 3.07. The van der Waals surface area contributed by atoms with Gasteiger partial charge in [-0.2, -0.15) is 0 Å². The molecule has 0 aliphatic rings. The molecule has 0 N–H and O–H groups in total. The molecule has 5 heavy (non-hydrogen) atoms. The van der Waals surface area contributed by atoms with Crippen LogP contribution in [0.3, 0.4) is 0 Å². The Kier molecular flexibility index (Phi) is 0.819. The van der Waals surface area contributed by atoms with E-state index in [1.54, 1.807) is 6.20 Å². The zero-order valence-corrected chi connectivity index (χ0v) is 4.09. The molecule has 1 rings (SSSR count). The Morgan fingerprint density at radius 1 is 1.80 bits per heavy atom. The van der Waals surface area contributed by atoms with Crippen LogP contribution in [-0.4, -0.2) is 22.9 Å². The summed E-state index contributed by atoms with van der Waals surface area (Å²) < 4.78 is 7.42. The van der Waals surface area contributed by atoms with Crippen molar-refractivity contribution in [2.75, 3.05) is 0 Å². The molecular formula is C2HN2Se. The van der Waals surface area contributed by atoms with Gasteiger partial charge in [0.05, 0.1) is 0 Å².